The SMILES string of the molecule is C[C@H](Oc1ccc(C(C)(C)C)cc1)C(=O)Nc1ccc(S(=O)(=O)Nc2ccc(F)cc2)cc1. The summed E-state index contributed by atoms with van der Waals surface area (Å²) in [6.07, 6.45) is -0.756. The third kappa shape index (κ3) is 6.55. The van der Waals surface area contributed by atoms with E-state index in [2.05, 4.69) is 30.8 Å². The van der Waals surface area contributed by atoms with Crippen molar-refractivity contribution in [2.24, 2.45) is 0 Å². The summed E-state index contributed by atoms with van der Waals surface area (Å²) in [5, 5.41) is 2.71. The van der Waals surface area contributed by atoms with Gasteiger partial charge in [-0.25, -0.2) is 12.8 Å². The van der Waals surface area contributed by atoms with Crippen LogP contribution in [0.2, 0.25) is 0 Å². The van der Waals surface area contributed by atoms with Crippen molar-refractivity contribution < 1.29 is 22.3 Å². The minimum Gasteiger partial charge on any atom is -0.481 e. The Bertz CT molecular complexity index is 1200. The Labute approximate surface area is 193 Å². The van der Waals surface area contributed by atoms with Crippen molar-refractivity contribution in [1.82, 2.24) is 0 Å². The van der Waals surface area contributed by atoms with E-state index in [1.165, 1.54) is 48.5 Å². The van der Waals surface area contributed by atoms with Gasteiger partial charge in [0, 0.05) is 11.4 Å². The van der Waals surface area contributed by atoms with Crippen LogP contribution in [0.1, 0.15) is 33.3 Å². The Morgan fingerprint density at radius 1 is 0.879 bits per heavy atom. The Hall–Kier alpha value is -3.39. The molecule has 6 nitrogen and oxygen atoms in total. The van der Waals surface area contributed by atoms with Gasteiger partial charge in [-0.2, -0.15) is 0 Å². The zero-order valence-electron chi connectivity index (χ0n) is 18.9. The summed E-state index contributed by atoms with van der Waals surface area (Å²) in [5.74, 6) is -0.243. The number of hydrogen-bond donors (Lipinski definition) is 2. The van der Waals surface area contributed by atoms with Crippen LogP contribution in [0.25, 0.3) is 0 Å². The standard InChI is InChI=1S/C25H27FN2O4S/c1-17(32-22-13-5-18(6-14-22)25(2,3)4)24(29)27-20-11-15-23(16-12-20)33(30,31)28-21-9-7-19(26)8-10-21/h5-17,28H,1-4H3,(H,27,29)/t17-/m0/s1. The summed E-state index contributed by atoms with van der Waals surface area (Å²) in [6.45, 7) is 8.00. The van der Waals surface area contributed by atoms with Crippen LogP contribution in [-0.2, 0) is 20.2 Å². The molecule has 0 spiro atoms. The fourth-order valence-electron chi connectivity index (χ4n) is 2.98. The number of ether oxygens (including phenoxy) is 1. The Kier molecular flexibility index (Phi) is 7.07. The van der Waals surface area contributed by atoms with Crippen molar-refractivity contribution in [3.63, 3.8) is 0 Å². The van der Waals surface area contributed by atoms with E-state index in [1.54, 1.807) is 6.92 Å². The van der Waals surface area contributed by atoms with Crippen molar-refractivity contribution in [3.05, 3.63) is 84.2 Å². The van der Waals surface area contributed by atoms with Crippen molar-refractivity contribution in [2.45, 2.75) is 44.1 Å². The lowest BCUT2D eigenvalue weighted by Crippen LogP contribution is -2.30. The molecular formula is C25H27FN2O4S. The summed E-state index contributed by atoms with van der Waals surface area (Å²) in [4.78, 5) is 12.5. The van der Waals surface area contributed by atoms with E-state index in [4.69, 9.17) is 4.74 Å². The number of halogens is 1. The van der Waals surface area contributed by atoms with Gasteiger partial charge in [0.15, 0.2) is 6.10 Å². The highest BCUT2D eigenvalue weighted by atomic mass is 32.2. The van der Waals surface area contributed by atoms with Crippen LogP contribution in [0.4, 0.5) is 15.8 Å². The van der Waals surface area contributed by atoms with E-state index < -0.39 is 21.9 Å². The average Bonchev–Trinajstić information content (AvgIpc) is 2.75. The number of sulfonamides is 1. The number of rotatable bonds is 7. The van der Waals surface area contributed by atoms with Gasteiger partial charge >= 0.3 is 0 Å². The molecule has 0 bridgehead atoms. The number of benzene rings is 3. The summed E-state index contributed by atoms with van der Waals surface area (Å²) >= 11 is 0. The maximum atomic E-state index is 13.0. The molecule has 0 unspecified atom stereocenters. The van der Waals surface area contributed by atoms with Gasteiger partial charge in [0.2, 0.25) is 0 Å². The average molecular weight is 471 g/mol. The van der Waals surface area contributed by atoms with Crippen LogP contribution in [0, 0.1) is 5.82 Å². The van der Waals surface area contributed by atoms with Gasteiger partial charge in [0.1, 0.15) is 11.6 Å². The van der Waals surface area contributed by atoms with Gasteiger partial charge in [0.05, 0.1) is 4.90 Å². The highest BCUT2D eigenvalue weighted by molar-refractivity contribution is 7.92. The third-order valence-corrected chi connectivity index (χ3v) is 6.33. The minimum absolute atomic E-state index is 0.00746. The second-order valence-electron chi connectivity index (χ2n) is 8.66. The van der Waals surface area contributed by atoms with Crippen LogP contribution >= 0.6 is 0 Å². The number of anilines is 2. The first kappa shape index (κ1) is 24.3. The molecule has 2 N–H and O–H groups in total. The molecule has 8 heteroatoms. The molecule has 0 radical (unpaired) electrons. The smallest absolute Gasteiger partial charge is 0.265 e. The van der Waals surface area contributed by atoms with E-state index in [-0.39, 0.29) is 21.9 Å². The molecule has 0 heterocycles. The largest absolute Gasteiger partial charge is 0.481 e. The van der Waals surface area contributed by atoms with E-state index in [0.717, 1.165) is 5.56 Å². The lowest BCUT2D eigenvalue weighted by Gasteiger charge is -2.20. The second kappa shape index (κ2) is 9.62. The zero-order valence-corrected chi connectivity index (χ0v) is 19.7. The quantitative estimate of drug-likeness (QED) is 0.489. The first-order valence-corrected chi connectivity index (χ1v) is 11.9. The van der Waals surface area contributed by atoms with Crippen LogP contribution in [0.3, 0.4) is 0 Å². The molecule has 0 saturated carbocycles. The highest BCUT2D eigenvalue weighted by Crippen LogP contribution is 2.25. The number of carbonyl (C=O) groups is 1. The van der Waals surface area contributed by atoms with Gasteiger partial charge in [0.25, 0.3) is 15.9 Å². The summed E-state index contributed by atoms with van der Waals surface area (Å²) < 4.78 is 46.1. The lowest BCUT2D eigenvalue weighted by atomic mass is 9.87. The predicted molar refractivity (Wildman–Crippen MR) is 128 cm³/mol. The van der Waals surface area contributed by atoms with Crippen LogP contribution < -0.4 is 14.8 Å². The maximum absolute atomic E-state index is 13.0. The first-order chi connectivity index (χ1) is 15.4. The van der Waals surface area contributed by atoms with Crippen molar-refractivity contribution in [1.29, 1.82) is 0 Å². The lowest BCUT2D eigenvalue weighted by molar-refractivity contribution is -0.122. The monoisotopic (exact) mass is 470 g/mol. The Morgan fingerprint density at radius 3 is 1.97 bits per heavy atom. The van der Waals surface area contributed by atoms with Gasteiger partial charge < -0.3 is 10.1 Å². The molecule has 0 aromatic heterocycles. The van der Waals surface area contributed by atoms with Gasteiger partial charge in [-0.1, -0.05) is 32.9 Å². The van der Waals surface area contributed by atoms with Crippen LogP contribution in [0.5, 0.6) is 5.75 Å². The summed E-state index contributed by atoms with van der Waals surface area (Å²) in [7, 11) is -3.85. The minimum atomic E-state index is -3.85. The van der Waals surface area contributed by atoms with Gasteiger partial charge in [-0.3, -0.25) is 9.52 Å². The van der Waals surface area contributed by atoms with Crippen molar-refractivity contribution in [2.75, 3.05) is 10.0 Å². The first-order valence-electron chi connectivity index (χ1n) is 10.4. The van der Waals surface area contributed by atoms with Crippen LogP contribution in [-0.4, -0.2) is 20.4 Å². The molecule has 1 amide bonds. The van der Waals surface area contributed by atoms with E-state index in [1.807, 2.05) is 24.3 Å². The highest BCUT2D eigenvalue weighted by Gasteiger charge is 2.18. The third-order valence-electron chi connectivity index (χ3n) is 4.93. The molecule has 3 aromatic carbocycles. The van der Waals surface area contributed by atoms with Gasteiger partial charge in [-0.15, -0.1) is 0 Å². The normalized spacial score (nSPS) is 12.6. The maximum Gasteiger partial charge on any atom is 0.265 e. The molecule has 0 aliphatic rings. The van der Waals surface area contributed by atoms with Gasteiger partial charge in [-0.05, 0) is 78.6 Å². The van der Waals surface area contributed by atoms with E-state index >= 15 is 0 Å². The molecule has 3 aromatic rings. The molecule has 3 rings (SSSR count). The molecule has 0 saturated heterocycles. The molecule has 0 aliphatic heterocycles. The van der Waals surface area contributed by atoms with Crippen molar-refractivity contribution >= 4 is 27.3 Å². The summed E-state index contributed by atoms with van der Waals surface area (Å²) in [5.41, 5.74) is 1.86. The molecule has 0 fully saturated rings. The number of amides is 1. The second-order valence-corrected chi connectivity index (χ2v) is 10.3. The number of hydrogen-bond acceptors (Lipinski definition) is 4. The fraction of sp³-hybridized carbons (Fsp3) is 0.240. The molecular weight excluding hydrogens is 443 g/mol. The van der Waals surface area contributed by atoms with E-state index in [9.17, 15) is 17.6 Å². The zero-order chi connectivity index (χ0) is 24.2. The van der Waals surface area contributed by atoms with Crippen molar-refractivity contribution in [3.8, 4) is 5.75 Å². The number of nitrogens with one attached hydrogen (secondary N) is 2. The Balaban J connectivity index is 1.60. The topological polar surface area (TPSA) is 84.5 Å². The number of carbonyl (C=O) groups excluding carboxylic acids is 1. The summed E-state index contributed by atoms with van der Waals surface area (Å²) in [6, 6.07) is 18.3. The predicted octanol–water partition coefficient (Wildman–Crippen LogP) is 5.33. The van der Waals surface area contributed by atoms with E-state index in [0.29, 0.717) is 11.4 Å². The molecule has 0 aliphatic carbocycles. The fourth-order valence-corrected chi connectivity index (χ4v) is 4.04. The molecule has 174 valence electrons. The Morgan fingerprint density at radius 2 is 1.42 bits per heavy atom. The molecule has 33 heavy (non-hydrogen) atoms. The van der Waals surface area contributed by atoms with Crippen LogP contribution in [0.15, 0.2) is 77.7 Å². The molecule has 1 atom stereocenters.